The molecule has 0 bridgehead atoms. The molecule has 0 aromatic heterocycles. The van der Waals surface area contributed by atoms with Crippen molar-refractivity contribution in [2.45, 2.75) is 26.9 Å². The van der Waals surface area contributed by atoms with Crippen LogP contribution in [0.4, 0.5) is 0 Å². The molecule has 0 radical (unpaired) electrons. The molecule has 0 saturated carbocycles. The molecule has 2 aromatic carbocycles. The summed E-state index contributed by atoms with van der Waals surface area (Å²) in [5.74, 6) is 0. The minimum Gasteiger partial charge on any atom is -0.376 e. The van der Waals surface area contributed by atoms with Crippen molar-refractivity contribution in [1.29, 1.82) is 0 Å². The molecule has 0 aliphatic heterocycles. The van der Waals surface area contributed by atoms with Gasteiger partial charge in [0.05, 0.1) is 13.2 Å². The Balaban J connectivity index is 1.76. The first-order valence-electron chi connectivity index (χ1n) is 6.43. The van der Waals surface area contributed by atoms with E-state index in [1.807, 2.05) is 0 Å². The van der Waals surface area contributed by atoms with Crippen LogP contribution in [0.25, 0.3) is 0 Å². The number of hydrogen-bond donors (Lipinski definition) is 0. The van der Waals surface area contributed by atoms with Gasteiger partial charge in [-0.25, -0.2) is 0 Å². The van der Waals surface area contributed by atoms with Gasteiger partial charge in [-0.1, -0.05) is 54.1 Å². The molecule has 0 aliphatic rings. The largest absolute Gasteiger partial charge is 0.376 e. The summed E-state index contributed by atoms with van der Waals surface area (Å²) in [7, 11) is 0. The predicted octanol–water partition coefficient (Wildman–Crippen LogP) is 4.06. The second kappa shape index (κ2) is 6.36. The van der Waals surface area contributed by atoms with Gasteiger partial charge < -0.3 is 4.74 Å². The van der Waals surface area contributed by atoms with Crippen LogP contribution in [0.1, 0.15) is 22.3 Å². The summed E-state index contributed by atoms with van der Waals surface area (Å²) in [6.07, 6.45) is 0.978. The number of ether oxygens (including phenoxy) is 1. The van der Waals surface area contributed by atoms with Crippen molar-refractivity contribution in [2.75, 3.05) is 6.61 Å². The first kappa shape index (κ1) is 12.8. The normalized spacial score (nSPS) is 10.6. The Morgan fingerprint density at radius 3 is 2.33 bits per heavy atom. The van der Waals surface area contributed by atoms with Crippen molar-refractivity contribution < 1.29 is 4.74 Å². The SMILES string of the molecule is Cc1ccc(CCOCc2ccccc2C)cc1. The molecule has 0 heterocycles. The van der Waals surface area contributed by atoms with Gasteiger partial charge in [-0.2, -0.15) is 0 Å². The summed E-state index contributed by atoms with van der Waals surface area (Å²) in [6.45, 7) is 5.72. The topological polar surface area (TPSA) is 9.23 Å². The molecule has 18 heavy (non-hydrogen) atoms. The number of aryl methyl sites for hydroxylation is 2. The second-order valence-electron chi connectivity index (χ2n) is 4.71. The van der Waals surface area contributed by atoms with Crippen LogP contribution in [0.15, 0.2) is 48.5 Å². The Labute approximate surface area is 109 Å². The molecule has 0 N–H and O–H groups in total. The van der Waals surface area contributed by atoms with Crippen LogP contribution >= 0.6 is 0 Å². The highest BCUT2D eigenvalue weighted by Crippen LogP contribution is 2.09. The van der Waals surface area contributed by atoms with Crippen LogP contribution in [-0.4, -0.2) is 6.61 Å². The van der Waals surface area contributed by atoms with E-state index in [1.165, 1.54) is 22.3 Å². The van der Waals surface area contributed by atoms with Crippen LogP contribution in [-0.2, 0) is 17.8 Å². The molecule has 0 unspecified atom stereocenters. The highest BCUT2D eigenvalue weighted by Gasteiger charge is 1.97. The van der Waals surface area contributed by atoms with E-state index in [9.17, 15) is 0 Å². The number of rotatable bonds is 5. The van der Waals surface area contributed by atoms with E-state index in [-0.39, 0.29) is 0 Å². The molecule has 94 valence electrons. The summed E-state index contributed by atoms with van der Waals surface area (Å²) in [5.41, 5.74) is 5.22. The summed E-state index contributed by atoms with van der Waals surface area (Å²) >= 11 is 0. The summed E-state index contributed by atoms with van der Waals surface area (Å²) in [4.78, 5) is 0. The lowest BCUT2D eigenvalue weighted by atomic mass is 10.1. The average Bonchev–Trinajstić information content (AvgIpc) is 2.39. The quantitative estimate of drug-likeness (QED) is 0.716. The molecule has 2 aromatic rings. The van der Waals surface area contributed by atoms with Crippen molar-refractivity contribution in [3.8, 4) is 0 Å². The highest BCUT2D eigenvalue weighted by atomic mass is 16.5. The monoisotopic (exact) mass is 240 g/mol. The molecule has 0 fully saturated rings. The molecule has 0 spiro atoms. The third-order valence-electron chi connectivity index (χ3n) is 3.17. The predicted molar refractivity (Wildman–Crippen MR) is 75.7 cm³/mol. The van der Waals surface area contributed by atoms with E-state index >= 15 is 0 Å². The lowest BCUT2D eigenvalue weighted by Gasteiger charge is -2.07. The molecular formula is C17H20O. The molecule has 0 saturated heterocycles. The number of benzene rings is 2. The fourth-order valence-electron chi connectivity index (χ4n) is 1.90. The molecule has 1 heteroatoms. The Morgan fingerprint density at radius 2 is 1.61 bits per heavy atom. The van der Waals surface area contributed by atoms with Gasteiger partial charge in [-0.05, 0) is 37.0 Å². The first-order chi connectivity index (χ1) is 8.75. The fourth-order valence-corrected chi connectivity index (χ4v) is 1.90. The Morgan fingerprint density at radius 1 is 0.889 bits per heavy atom. The van der Waals surface area contributed by atoms with Gasteiger partial charge in [0.25, 0.3) is 0 Å². The third kappa shape index (κ3) is 3.71. The molecule has 0 amide bonds. The lowest BCUT2D eigenvalue weighted by molar-refractivity contribution is 0.123. The van der Waals surface area contributed by atoms with Gasteiger partial charge in [-0.15, -0.1) is 0 Å². The maximum Gasteiger partial charge on any atom is 0.0719 e. The van der Waals surface area contributed by atoms with Crippen molar-refractivity contribution >= 4 is 0 Å². The van der Waals surface area contributed by atoms with Crippen LogP contribution in [0.2, 0.25) is 0 Å². The van der Waals surface area contributed by atoms with E-state index in [1.54, 1.807) is 0 Å². The molecular weight excluding hydrogens is 220 g/mol. The minimum atomic E-state index is 0.707. The maximum absolute atomic E-state index is 5.73. The maximum atomic E-state index is 5.73. The molecule has 1 nitrogen and oxygen atoms in total. The van der Waals surface area contributed by atoms with Gasteiger partial charge >= 0.3 is 0 Å². The van der Waals surface area contributed by atoms with Crippen LogP contribution in [0, 0.1) is 13.8 Å². The summed E-state index contributed by atoms with van der Waals surface area (Å²) in [6, 6.07) is 17.0. The first-order valence-corrected chi connectivity index (χ1v) is 6.43. The Bertz CT molecular complexity index is 485. The Kier molecular flexibility index (Phi) is 4.54. The van der Waals surface area contributed by atoms with Crippen molar-refractivity contribution in [2.24, 2.45) is 0 Å². The third-order valence-corrected chi connectivity index (χ3v) is 3.17. The van der Waals surface area contributed by atoms with Crippen molar-refractivity contribution in [3.05, 3.63) is 70.8 Å². The zero-order valence-electron chi connectivity index (χ0n) is 11.1. The molecule has 0 aliphatic carbocycles. The van der Waals surface area contributed by atoms with Gasteiger partial charge in [0, 0.05) is 0 Å². The van der Waals surface area contributed by atoms with E-state index in [4.69, 9.17) is 4.74 Å². The second-order valence-corrected chi connectivity index (χ2v) is 4.71. The average molecular weight is 240 g/mol. The van der Waals surface area contributed by atoms with Crippen molar-refractivity contribution in [3.63, 3.8) is 0 Å². The van der Waals surface area contributed by atoms with Gasteiger partial charge in [0.15, 0.2) is 0 Å². The van der Waals surface area contributed by atoms with Gasteiger partial charge in [-0.3, -0.25) is 0 Å². The highest BCUT2D eigenvalue weighted by molar-refractivity contribution is 5.24. The van der Waals surface area contributed by atoms with Crippen LogP contribution in [0.3, 0.4) is 0 Å². The van der Waals surface area contributed by atoms with Crippen molar-refractivity contribution in [1.82, 2.24) is 0 Å². The van der Waals surface area contributed by atoms with Gasteiger partial charge in [0.2, 0.25) is 0 Å². The van der Waals surface area contributed by atoms with E-state index < -0.39 is 0 Å². The molecule has 2 rings (SSSR count). The standard InChI is InChI=1S/C17H20O/c1-14-7-9-16(10-8-14)11-12-18-13-17-6-4-3-5-15(17)2/h3-10H,11-13H2,1-2H3. The van der Waals surface area contributed by atoms with E-state index in [2.05, 4.69) is 62.4 Å². The lowest BCUT2D eigenvalue weighted by Crippen LogP contribution is -2.00. The minimum absolute atomic E-state index is 0.707. The van der Waals surface area contributed by atoms with Crippen LogP contribution < -0.4 is 0 Å². The fraction of sp³-hybridized carbons (Fsp3) is 0.294. The summed E-state index contributed by atoms with van der Waals surface area (Å²) in [5, 5.41) is 0. The Hall–Kier alpha value is -1.60. The van der Waals surface area contributed by atoms with E-state index in [0.29, 0.717) is 6.61 Å². The van der Waals surface area contributed by atoms with Crippen LogP contribution in [0.5, 0.6) is 0 Å². The van der Waals surface area contributed by atoms with E-state index in [0.717, 1.165) is 13.0 Å². The molecule has 0 atom stereocenters. The zero-order chi connectivity index (χ0) is 12.8. The zero-order valence-corrected chi connectivity index (χ0v) is 11.1. The smallest absolute Gasteiger partial charge is 0.0719 e. The van der Waals surface area contributed by atoms with Gasteiger partial charge in [0.1, 0.15) is 0 Å². The summed E-state index contributed by atoms with van der Waals surface area (Å²) < 4.78 is 5.73. The number of hydrogen-bond acceptors (Lipinski definition) is 1.